The molecular weight excluding hydrogens is 336 g/mol. The average molecular weight is 362 g/mol. The van der Waals surface area contributed by atoms with Crippen molar-refractivity contribution in [3.8, 4) is 5.75 Å². The van der Waals surface area contributed by atoms with Crippen molar-refractivity contribution in [2.75, 3.05) is 26.2 Å². The van der Waals surface area contributed by atoms with E-state index in [-0.39, 0.29) is 31.0 Å². The van der Waals surface area contributed by atoms with Crippen LogP contribution in [-0.4, -0.2) is 65.0 Å². The summed E-state index contributed by atoms with van der Waals surface area (Å²) in [5.41, 5.74) is 1.12. The molecule has 1 saturated heterocycles. The number of amides is 2. The van der Waals surface area contributed by atoms with Gasteiger partial charge in [-0.2, -0.15) is 0 Å². The molecule has 0 spiro atoms. The van der Waals surface area contributed by atoms with E-state index in [1.807, 2.05) is 31.2 Å². The van der Waals surface area contributed by atoms with Crippen LogP contribution in [-0.2, 0) is 14.4 Å². The molecule has 1 aliphatic rings. The van der Waals surface area contributed by atoms with Crippen molar-refractivity contribution in [1.82, 2.24) is 9.80 Å². The van der Waals surface area contributed by atoms with Crippen LogP contribution in [0, 0.1) is 6.92 Å². The Morgan fingerprint density at radius 2 is 1.88 bits per heavy atom. The summed E-state index contributed by atoms with van der Waals surface area (Å²) < 4.78 is 5.55. The van der Waals surface area contributed by atoms with E-state index in [0.29, 0.717) is 31.7 Å². The molecule has 7 heteroatoms. The van der Waals surface area contributed by atoms with Crippen LogP contribution in [0.25, 0.3) is 0 Å². The van der Waals surface area contributed by atoms with Crippen LogP contribution in [0.2, 0.25) is 0 Å². The fourth-order valence-electron chi connectivity index (χ4n) is 3.15. The molecule has 0 saturated carbocycles. The minimum atomic E-state index is -1.02. The van der Waals surface area contributed by atoms with Crippen LogP contribution in [0.5, 0.6) is 5.75 Å². The predicted molar refractivity (Wildman–Crippen MR) is 95.9 cm³/mol. The highest BCUT2D eigenvalue weighted by molar-refractivity contribution is 5.80. The lowest BCUT2D eigenvalue weighted by atomic mass is 10.1. The molecule has 1 N–H and O–H groups in total. The number of ether oxygens (including phenoxy) is 1. The lowest BCUT2D eigenvalue weighted by Gasteiger charge is -2.28. The molecule has 1 atom stereocenters. The van der Waals surface area contributed by atoms with Crippen molar-refractivity contribution in [3.63, 3.8) is 0 Å². The summed E-state index contributed by atoms with van der Waals surface area (Å²) >= 11 is 0. The van der Waals surface area contributed by atoms with Crippen molar-refractivity contribution in [3.05, 3.63) is 29.8 Å². The normalized spacial score (nSPS) is 17.3. The molecule has 1 aliphatic heterocycles. The first-order chi connectivity index (χ1) is 12.4. The number of carboxylic acids is 1. The van der Waals surface area contributed by atoms with E-state index in [1.165, 1.54) is 11.8 Å². The van der Waals surface area contributed by atoms with E-state index >= 15 is 0 Å². The third-order valence-electron chi connectivity index (χ3n) is 4.58. The van der Waals surface area contributed by atoms with E-state index in [1.54, 1.807) is 4.90 Å². The quantitative estimate of drug-likeness (QED) is 0.832. The number of nitrogens with zero attached hydrogens (tertiary/aromatic N) is 2. The number of hydrogen-bond acceptors (Lipinski definition) is 4. The Morgan fingerprint density at radius 3 is 2.50 bits per heavy atom. The van der Waals surface area contributed by atoms with Crippen molar-refractivity contribution in [2.24, 2.45) is 0 Å². The van der Waals surface area contributed by atoms with Crippen molar-refractivity contribution < 1.29 is 24.2 Å². The van der Waals surface area contributed by atoms with Gasteiger partial charge in [-0.3, -0.25) is 14.4 Å². The number of carbonyl (C=O) groups is 3. The summed E-state index contributed by atoms with van der Waals surface area (Å²) in [6.45, 7) is 4.11. The third kappa shape index (κ3) is 5.75. The Kier molecular flexibility index (Phi) is 7.00. The number of aryl methyl sites for hydroxylation is 1. The molecule has 0 bridgehead atoms. The molecule has 1 aromatic carbocycles. The molecule has 1 aromatic rings. The van der Waals surface area contributed by atoms with Crippen LogP contribution in [0.4, 0.5) is 0 Å². The van der Waals surface area contributed by atoms with Gasteiger partial charge in [0.2, 0.25) is 5.91 Å². The van der Waals surface area contributed by atoms with Gasteiger partial charge in [-0.05, 0) is 38.3 Å². The molecule has 142 valence electrons. The predicted octanol–water partition coefficient (Wildman–Crippen LogP) is 1.69. The average Bonchev–Trinajstić information content (AvgIpc) is 2.84. The van der Waals surface area contributed by atoms with Crippen LogP contribution < -0.4 is 4.74 Å². The number of carbonyl (C=O) groups excluding carboxylic acids is 2. The Hall–Kier alpha value is -2.57. The lowest BCUT2D eigenvalue weighted by molar-refractivity contribution is -0.145. The maximum absolute atomic E-state index is 12.4. The summed E-state index contributed by atoms with van der Waals surface area (Å²) in [7, 11) is 0. The number of likely N-dealkylation sites (tertiary alicyclic amines) is 1. The molecule has 1 heterocycles. The maximum atomic E-state index is 12.4. The molecule has 2 rings (SSSR count). The lowest BCUT2D eigenvalue weighted by Crippen LogP contribution is -2.43. The maximum Gasteiger partial charge on any atom is 0.323 e. The standard InChI is InChI=1S/C19H26N2O5/c1-14-5-7-17(8-6-14)26-13-18(23)20-10-3-4-16(9-11-20)21(15(2)22)12-19(24)25/h5-8,16H,3-4,9-13H2,1-2H3,(H,24,25). The van der Waals surface area contributed by atoms with Gasteiger partial charge in [0.05, 0.1) is 0 Å². The van der Waals surface area contributed by atoms with Crippen LogP contribution >= 0.6 is 0 Å². The SMILES string of the molecule is CC(=O)N(CC(=O)O)C1CCCN(C(=O)COc2ccc(C)cc2)CC1. The summed E-state index contributed by atoms with van der Waals surface area (Å²) in [6, 6.07) is 7.36. The van der Waals surface area contributed by atoms with Crippen molar-refractivity contribution >= 4 is 17.8 Å². The monoisotopic (exact) mass is 362 g/mol. The Balaban J connectivity index is 1.88. The van der Waals surface area contributed by atoms with E-state index in [2.05, 4.69) is 0 Å². The first-order valence-corrected chi connectivity index (χ1v) is 8.83. The second-order valence-corrected chi connectivity index (χ2v) is 6.61. The highest BCUT2D eigenvalue weighted by Gasteiger charge is 2.27. The zero-order valence-electron chi connectivity index (χ0n) is 15.3. The smallest absolute Gasteiger partial charge is 0.323 e. The molecule has 1 fully saturated rings. The van der Waals surface area contributed by atoms with Crippen LogP contribution in [0.3, 0.4) is 0 Å². The Labute approximate surface area is 153 Å². The number of carboxylic acid groups (broad SMARTS) is 1. The fraction of sp³-hybridized carbons (Fsp3) is 0.526. The number of benzene rings is 1. The van der Waals surface area contributed by atoms with Gasteiger partial charge < -0.3 is 19.6 Å². The molecule has 0 radical (unpaired) electrons. The largest absolute Gasteiger partial charge is 0.484 e. The van der Waals surface area contributed by atoms with E-state index < -0.39 is 5.97 Å². The van der Waals surface area contributed by atoms with Crippen molar-refractivity contribution in [1.29, 1.82) is 0 Å². The van der Waals surface area contributed by atoms with Gasteiger partial charge >= 0.3 is 5.97 Å². The summed E-state index contributed by atoms with van der Waals surface area (Å²) in [5, 5.41) is 8.99. The molecular formula is C19H26N2O5. The zero-order valence-corrected chi connectivity index (χ0v) is 15.3. The van der Waals surface area contributed by atoms with Gasteiger partial charge in [0.25, 0.3) is 5.91 Å². The summed E-state index contributed by atoms with van der Waals surface area (Å²) in [4.78, 5) is 38.3. The number of hydrogen-bond donors (Lipinski definition) is 1. The van der Waals surface area contributed by atoms with Gasteiger partial charge in [0.15, 0.2) is 6.61 Å². The van der Waals surface area contributed by atoms with E-state index in [4.69, 9.17) is 9.84 Å². The Morgan fingerprint density at radius 1 is 1.19 bits per heavy atom. The molecule has 0 aliphatic carbocycles. The van der Waals surface area contributed by atoms with Gasteiger partial charge in [-0.1, -0.05) is 17.7 Å². The number of aliphatic carboxylic acids is 1. The minimum absolute atomic E-state index is 0.0285. The van der Waals surface area contributed by atoms with Gasteiger partial charge in [-0.15, -0.1) is 0 Å². The second kappa shape index (κ2) is 9.22. The molecule has 7 nitrogen and oxygen atoms in total. The third-order valence-corrected chi connectivity index (χ3v) is 4.58. The zero-order chi connectivity index (χ0) is 19.1. The second-order valence-electron chi connectivity index (χ2n) is 6.61. The summed E-state index contributed by atoms with van der Waals surface area (Å²) in [6.07, 6.45) is 1.99. The number of rotatable bonds is 6. The minimum Gasteiger partial charge on any atom is -0.484 e. The van der Waals surface area contributed by atoms with E-state index in [0.717, 1.165) is 12.0 Å². The van der Waals surface area contributed by atoms with Crippen LogP contribution in [0.15, 0.2) is 24.3 Å². The molecule has 2 amide bonds. The fourth-order valence-corrected chi connectivity index (χ4v) is 3.15. The van der Waals surface area contributed by atoms with Crippen LogP contribution in [0.1, 0.15) is 31.7 Å². The van der Waals surface area contributed by atoms with Crippen molar-refractivity contribution in [2.45, 2.75) is 39.2 Å². The molecule has 1 unspecified atom stereocenters. The molecule has 0 aromatic heterocycles. The molecule has 26 heavy (non-hydrogen) atoms. The van der Waals surface area contributed by atoms with E-state index in [9.17, 15) is 14.4 Å². The van der Waals surface area contributed by atoms with Gasteiger partial charge in [-0.25, -0.2) is 0 Å². The van der Waals surface area contributed by atoms with Gasteiger partial charge in [0, 0.05) is 26.1 Å². The highest BCUT2D eigenvalue weighted by atomic mass is 16.5. The van der Waals surface area contributed by atoms with Gasteiger partial charge in [0.1, 0.15) is 12.3 Å². The summed E-state index contributed by atoms with van der Waals surface area (Å²) in [5.74, 6) is -0.719. The highest BCUT2D eigenvalue weighted by Crippen LogP contribution is 2.18. The first kappa shape index (κ1) is 19.8. The first-order valence-electron chi connectivity index (χ1n) is 8.83. The Bertz CT molecular complexity index is 644. The topological polar surface area (TPSA) is 87.2 Å².